The maximum Gasteiger partial charge on any atom is 0.324 e. The smallest absolute Gasteiger partial charge is 0.324 e. The molecule has 0 saturated heterocycles. The number of carbonyl (C=O) groups excluding carboxylic acids is 4. The fourth-order valence-corrected chi connectivity index (χ4v) is 3.48. The van der Waals surface area contributed by atoms with E-state index in [4.69, 9.17) is 40.0 Å². The molecule has 0 aromatic carbocycles. The number of esters is 4. The first kappa shape index (κ1) is 82.2. The summed E-state index contributed by atoms with van der Waals surface area (Å²) in [5.41, 5.74) is 3.29. The number of hydrogen-bond acceptors (Lipinski definition) is 12. The summed E-state index contributed by atoms with van der Waals surface area (Å²) in [5.74, 6) is -4.41. The molecule has 0 saturated carbocycles. The average molecular weight is 901 g/mol. The van der Waals surface area contributed by atoms with Crippen LogP contribution in [0.25, 0.3) is 0 Å². The number of alkyl halides is 1. The van der Waals surface area contributed by atoms with Crippen molar-refractivity contribution >= 4 is 51.7 Å². The van der Waals surface area contributed by atoms with E-state index < -0.39 is 59.1 Å². The van der Waals surface area contributed by atoms with Gasteiger partial charge in [0.1, 0.15) is 28.4 Å². The van der Waals surface area contributed by atoms with E-state index in [0.717, 1.165) is 11.8 Å². The molecule has 0 amide bonds. The molecule has 0 heterocycles. The van der Waals surface area contributed by atoms with E-state index in [0.29, 0.717) is 6.42 Å². The summed E-state index contributed by atoms with van der Waals surface area (Å²) < 4.78 is 20.2. The first-order valence-electron chi connectivity index (χ1n) is 16.4. The van der Waals surface area contributed by atoms with Gasteiger partial charge in [0.05, 0.1) is 30.6 Å². The van der Waals surface area contributed by atoms with Crippen molar-refractivity contribution in [3.63, 3.8) is 0 Å². The van der Waals surface area contributed by atoms with Crippen LogP contribution in [0.4, 0.5) is 0 Å². The zero-order valence-electron chi connectivity index (χ0n) is 32.9. The summed E-state index contributed by atoms with van der Waals surface area (Å²) in [6.07, 6.45) is 0.702. The topological polar surface area (TPSA) is 226 Å². The lowest BCUT2D eigenvalue weighted by Gasteiger charge is -2.21. The van der Waals surface area contributed by atoms with Gasteiger partial charge in [-0.05, 0) is 95.9 Å². The van der Waals surface area contributed by atoms with Crippen molar-refractivity contribution in [3.8, 4) is 0 Å². The third kappa shape index (κ3) is 62.6. The average Bonchev–Trinajstić information content (AvgIpc) is 2.85. The van der Waals surface area contributed by atoms with Crippen LogP contribution in [-0.4, -0.2) is 91.5 Å². The summed E-state index contributed by atoms with van der Waals surface area (Å²) in [7, 11) is 0. The molecule has 4 unspecified atom stereocenters. The second-order valence-corrected chi connectivity index (χ2v) is 16.4. The molecule has 0 radical (unpaired) electrons. The molecule has 0 aromatic heterocycles. The molecule has 4 atom stereocenters. The Morgan fingerprint density at radius 2 is 0.737 bits per heavy atom. The van der Waals surface area contributed by atoms with Crippen molar-refractivity contribution < 1.29 is 63.0 Å². The van der Waals surface area contributed by atoms with Gasteiger partial charge in [0.25, 0.3) is 0 Å². The maximum atomic E-state index is 11.3. The second-order valence-electron chi connectivity index (χ2n) is 15.6. The molecule has 0 spiro atoms. The van der Waals surface area contributed by atoms with E-state index in [1.54, 1.807) is 55.4 Å². The Balaban J connectivity index is -0.0000000529. The van der Waals surface area contributed by atoms with Crippen molar-refractivity contribution in [3.05, 3.63) is 0 Å². The molecule has 352 valence electrons. The zero-order valence-corrected chi connectivity index (χ0v) is 34.5. The van der Waals surface area contributed by atoms with E-state index in [2.05, 4.69) is 15.9 Å². The number of carbonyl (C=O) groups is 6. The number of aliphatic carboxylic acids is 2. The molecule has 0 aromatic rings. The van der Waals surface area contributed by atoms with Crippen LogP contribution in [0.5, 0.6) is 0 Å². The van der Waals surface area contributed by atoms with Crippen LogP contribution in [0.2, 0.25) is 0 Å². The second kappa shape index (κ2) is 38.7. The molecule has 0 aliphatic heterocycles. The molecular weight excluding hydrogens is 806 g/mol. The van der Waals surface area contributed by atoms with Gasteiger partial charge in [-0.3, -0.25) is 28.8 Å². The van der Waals surface area contributed by atoms with Crippen LogP contribution in [0, 0.1) is 17.8 Å². The van der Waals surface area contributed by atoms with Crippen LogP contribution in [0.1, 0.15) is 182 Å². The van der Waals surface area contributed by atoms with Gasteiger partial charge in [0.15, 0.2) is 0 Å². The Kier molecular flexibility index (Phi) is 55.9. The van der Waals surface area contributed by atoms with Gasteiger partial charge in [0.2, 0.25) is 0 Å². The summed E-state index contributed by atoms with van der Waals surface area (Å²) in [6.45, 7) is 26.7. The first-order valence-corrected chi connectivity index (χ1v) is 17.6. The number of ether oxygens (including phenoxy) is 4. The number of aliphatic hydroxyl groups is 1. The number of nitrogens with two attached hydrogens (primary N) is 1. The predicted octanol–water partition coefficient (Wildman–Crippen LogP) is 10.1. The van der Waals surface area contributed by atoms with E-state index in [1.807, 2.05) is 48.5 Å². The number of aliphatic hydroxyl groups excluding tert-OH is 1. The van der Waals surface area contributed by atoms with E-state index in [-0.39, 0.29) is 94.4 Å². The van der Waals surface area contributed by atoms with E-state index >= 15 is 0 Å². The maximum absolute atomic E-state index is 11.3. The Labute approximate surface area is 359 Å². The lowest BCUT2D eigenvalue weighted by Crippen LogP contribution is -2.38. The molecule has 5 N–H and O–H groups in total. The molecule has 0 aliphatic rings. The van der Waals surface area contributed by atoms with Gasteiger partial charge in [-0.15, -0.1) is 0 Å². The van der Waals surface area contributed by atoms with Gasteiger partial charge in [-0.1, -0.05) is 88.7 Å². The number of halogens is 1. The minimum atomic E-state index is -1.11. The number of carboxylic acid groups (broad SMARTS) is 2. The monoisotopic (exact) mass is 900 g/mol. The highest BCUT2D eigenvalue weighted by Gasteiger charge is 2.25. The zero-order chi connectivity index (χ0) is 40.8. The number of rotatable bonds is 12. The number of hydrogen-bond donors (Lipinski definition) is 4. The third-order valence-electron chi connectivity index (χ3n) is 5.12. The van der Waals surface area contributed by atoms with Crippen LogP contribution in [-0.2, 0) is 47.7 Å². The minimum absolute atomic E-state index is 0. The van der Waals surface area contributed by atoms with Crippen molar-refractivity contribution in [2.75, 3.05) is 11.9 Å². The first-order chi connectivity index (χ1) is 22.2. The van der Waals surface area contributed by atoms with E-state index in [9.17, 15) is 28.8 Å². The van der Waals surface area contributed by atoms with Gasteiger partial charge in [-0.2, -0.15) is 0 Å². The largest absolute Gasteiger partial charge is 0.481 e. The summed E-state index contributed by atoms with van der Waals surface area (Å²) in [6, 6.07) is -1.09. The quantitative estimate of drug-likeness (QED) is 0.0812. The fourth-order valence-electron chi connectivity index (χ4n) is 2.79. The van der Waals surface area contributed by atoms with Crippen LogP contribution < -0.4 is 5.73 Å². The predicted molar refractivity (Wildman–Crippen MR) is 241 cm³/mol. The molecule has 0 bridgehead atoms. The Morgan fingerprint density at radius 1 is 0.491 bits per heavy atom. The summed E-state index contributed by atoms with van der Waals surface area (Å²) in [4.78, 5) is 65.3. The Morgan fingerprint density at radius 3 is 0.965 bits per heavy atom. The summed E-state index contributed by atoms with van der Waals surface area (Å²) >= 11 is 3.29. The van der Waals surface area contributed by atoms with Crippen LogP contribution in [0.3, 0.4) is 0 Å². The van der Waals surface area contributed by atoms with Crippen LogP contribution >= 0.6 is 15.9 Å². The van der Waals surface area contributed by atoms with Crippen molar-refractivity contribution in [2.45, 2.75) is 210 Å². The van der Waals surface area contributed by atoms with Gasteiger partial charge in [0, 0.05) is 11.9 Å². The number of carboxylic acids is 2. The lowest BCUT2D eigenvalue weighted by molar-refractivity contribution is -0.162. The molecule has 0 aliphatic carbocycles. The molecule has 15 heteroatoms. The molecule has 0 fully saturated rings. The highest BCUT2D eigenvalue weighted by atomic mass is 79.9. The third-order valence-corrected chi connectivity index (χ3v) is 5.57. The van der Waals surface area contributed by atoms with E-state index in [1.165, 1.54) is 0 Å². The molecule has 57 heavy (non-hydrogen) atoms. The molecular formula is C42H94BrNO13. The molecule has 14 nitrogen and oxygen atoms in total. The normalized spacial score (nSPS) is 12.1. The minimum Gasteiger partial charge on any atom is -0.481 e. The highest BCUT2D eigenvalue weighted by Crippen LogP contribution is 2.15. The standard InChI is InChI=1S/C9H17BrO2.C9H16O4.C9H18O3.C8H15NO4.7CH4/c1-7(5-6-10)8(11)12-9(2,3)4;1-6(5-7(10)11)8(12)13-9(2,3)4;1-7(5-6-10)8(11)12-9(2,3)4;1-8(2,3)13-7(12)5(9)4-6(10)11;;;;;;;/h7H,5-6H2,1-4H3;6H,5H2,1-4H3,(H,10,11);7,10H,5-6H2,1-4H3;5H,4,9H2,1-3H3,(H,10,11);7*1H4. The Bertz CT molecular complexity index is 956. The van der Waals surface area contributed by atoms with Crippen molar-refractivity contribution in [1.29, 1.82) is 0 Å². The van der Waals surface area contributed by atoms with Gasteiger partial charge < -0.3 is 40.0 Å². The Hall–Kier alpha value is -2.78. The highest BCUT2D eigenvalue weighted by molar-refractivity contribution is 9.09. The van der Waals surface area contributed by atoms with Gasteiger partial charge in [-0.25, -0.2) is 0 Å². The van der Waals surface area contributed by atoms with Crippen LogP contribution in [0.15, 0.2) is 0 Å². The van der Waals surface area contributed by atoms with Crippen molar-refractivity contribution in [1.82, 2.24) is 0 Å². The van der Waals surface area contributed by atoms with Crippen molar-refractivity contribution in [2.24, 2.45) is 23.5 Å². The fraction of sp³-hybridized carbons (Fsp3) is 0.857. The van der Waals surface area contributed by atoms with Gasteiger partial charge >= 0.3 is 35.8 Å². The molecule has 0 rings (SSSR count). The lowest BCUT2D eigenvalue weighted by atomic mass is 10.1. The summed E-state index contributed by atoms with van der Waals surface area (Å²) in [5, 5.41) is 26.2. The SMILES string of the molecule is C.C.C.C.C.C.C.CC(C)(C)OC(=O)C(N)CC(=O)O.CC(CC(=O)O)C(=O)OC(C)(C)C.CC(CCBr)C(=O)OC(C)(C)C.CC(CCO)C(=O)OC(C)(C)C.